The predicted octanol–water partition coefficient (Wildman–Crippen LogP) is 2.22. The summed E-state index contributed by atoms with van der Waals surface area (Å²) in [7, 11) is 0. The maximum Gasteiger partial charge on any atom is 0.490 e. The van der Waals surface area contributed by atoms with Gasteiger partial charge >= 0.3 is 12.1 Å². The molecular weight excluding hydrogens is 543 g/mol. The van der Waals surface area contributed by atoms with Gasteiger partial charge in [0.05, 0.1) is 11.7 Å². The number of carbonyl (C=O) groups is 3. The van der Waals surface area contributed by atoms with E-state index in [1.165, 1.54) is 16.7 Å². The number of rotatable bonds is 7. The van der Waals surface area contributed by atoms with E-state index in [2.05, 4.69) is 43.5 Å². The van der Waals surface area contributed by atoms with Crippen LogP contribution in [0.1, 0.15) is 30.4 Å². The van der Waals surface area contributed by atoms with E-state index >= 15 is 0 Å². The molecular formula is C24H25ClF3N7O4. The summed E-state index contributed by atoms with van der Waals surface area (Å²) >= 11 is 6.11. The normalized spacial score (nSPS) is 17.5. The molecule has 1 aliphatic heterocycles. The van der Waals surface area contributed by atoms with Gasteiger partial charge in [-0.15, -0.1) is 15.0 Å². The van der Waals surface area contributed by atoms with Gasteiger partial charge in [0.15, 0.2) is 6.33 Å². The number of hydrogen-bond donors (Lipinski definition) is 4. The number of aromatic nitrogens is 4. The molecule has 2 heterocycles. The first-order chi connectivity index (χ1) is 18.5. The van der Waals surface area contributed by atoms with E-state index in [9.17, 15) is 22.8 Å². The third-order valence-corrected chi connectivity index (χ3v) is 6.01. The Bertz CT molecular complexity index is 1280. The number of aliphatic carboxylic acids is 1. The average molecular weight is 568 g/mol. The fourth-order valence-corrected chi connectivity index (χ4v) is 3.99. The molecule has 0 unspecified atom stereocenters. The van der Waals surface area contributed by atoms with Gasteiger partial charge in [0.1, 0.15) is 6.04 Å². The van der Waals surface area contributed by atoms with Crippen molar-refractivity contribution in [1.82, 2.24) is 36.2 Å². The Hall–Kier alpha value is -4.04. The molecule has 0 aliphatic carbocycles. The zero-order valence-electron chi connectivity index (χ0n) is 20.5. The maximum absolute atomic E-state index is 12.7. The zero-order chi connectivity index (χ0) is 28.6. The largest absolute Gasteiger partial charge is 0.490 e. The lowest BCUT2D eigenvalue weighted by molar-refractivity contribution is -0.192. The van der Waals surface area contributed by atoms with Crippen molar-refractivity contribution in [1.29, 1.82) is 0 Å². The molecule has 2 aromatic carbocycles. The Kier molecular flexibility index (Phi) is 9.95. The van der Waals surface area contributed by atoms with Crippen molar-refractivity contribution >= 4 is 29.4 Å². The highest BCUT2D eigenvalue weighted by Crippen LogP contribution is 2.25. The number of nitrogens with zero attached hydrogens (tertiary/aromatic N) is 4. The highest BCUT2D eigenvalue weighted by molar-refractivity contribution is 6.30. The van der Waals surface area contributed by atoms with Crippen molar-refractivity contribution in [3.63, 3.8) is 0 Å². The SMILES string of the molecule is C[C@H](NC(=O)[C@H]1C[C@H](c2ccccc2)CN1)C(=O)NCc1cc(Cl)ccc1-n1ncnn1.O=C(O)C(F)(F)F. The molecule has 4 N–H and O–H groups in total. The van der Waals surface area contributed by atoms with Crippen LogP contribution in [0.4, 0.5) is 13.2 Å². The number of amides is 2. The fourth-order valence-electron chi connectivity index (χ4n) is 3.80. The minimum atomic E-state index is -5.08. The van der Waals surface area contributed by atoms with E-state index in [0.29, 0.717) is 17.1 Å². The lowest BCUT2D eigenvalue weighted by Gasteiger charge is -2.18. The van der Waals surface area contributed by atoms with Crippen molar-refractivity contribution in [2.75, 3.05) is 6.54 Å². The molecule has 2 amide bonds. The van der Waals surface area contributed by atoms with Gasteiger partial charge in [0.25, 0.3) is 0 Å². The second-order valence-electron chi connectivity index (χ2n) is 8.55. The van der Waals surface area contributed by atoms with Crippen molar-refractivity contribution in [2.45, 2.75) is 44.1 Å². The van der Waals surface area contributed by atoms with Crippen LogP contribution in [0.2, 0.25) is 5.02 Å². The molecule has 0 bridgehead atoms. The van der Waals surface area contributed by atoms with Crippen LogP contribution in [-0.2, 0) is 20.9 Å². The van der Waals surface area contributed by atoms with E-state index in [1.807, 2.05) is 18.2 Å². The molecule has 1 aromatic heterocycles. The summed E-state index contributed by atoms with van der Waals surface area (Å²) in [4.78, 5) is 35.5. The van der Waals surface area contributed by atoms with Crippen LogP contribution in [0.3, 0.4) is 0 Å². The third-order valence-electron chi connectivity index (χ3n) is 5.77. The quantitative estimate of drug-likeness (QED) is 0.339. The minimum absolute atomic E-state index is 0.179. The summed E-state index contributed by atoms with van der Waals surface area (Å²) in [5, 5.41) is 28.2. The Morgan fingerprint density at radius 1 is 1.21 bits per heavy atom. The molecule has 15 heteroatoms. The topological polar surface area (TPSA) is 151 Å². The van der Waals surface area contributed by atoms with Crippen molar-refractivity contribution in [2.24, 2.45) is 0 Å². The summed E-state index contributed by atoms with van der Waals surface area (Å²) in [6.45, 7) is 2.60. The van der Waals surface area contributed by atoms with Gasteiger partial charge in [0.2, 0.25) is 11.8 Å². The Labute approximate surface area is 225 Å². The van der Waals surface area contributed by atoms with Crippen LogP contribution in [0.25, 0.3) is 5.69 Å². The first-order valence-corrected chi connectivity index (χ1v) is 12.0. The maximum atomic E-state index is 12.7. The number of nitrogens with one attached hydrogen (secondary N) is 3. The standard InChI is InChI=1S/C22H24ClN7O2.C2HF3O2/c1-14(28-22(32)19-10-16(11-24-19)15-5-3-2-4-6-15)21(31)25-12-17-9-18(23)7-8-20(17)30-27-13-26-29-30;3-2(4,5)1(6)7/h2-9,13-14,16,19,24H,10-12H2,1H3,(H,25,31)(H,28,32);(H,6,7)/t14-,16-,19+;/m0./s1. The van der Waals surface area contributed by atoms with E-state index in [-0.39, 0.29) is 30.3 Å². The number of benzene rings is 2. The summed E-state index contributed by atoms with van der Waals surface area (Å²) in [6.07, 6.45) is -3.06. The van der Waals surface area contributed by atoms with Crippen LogP contribution in [-0.4, -0.2) is 67.9 Å². The highest BCUT2D eigenvalue weighted by Gasteiger charge is 2.38. The number of halogens is 4. The van der Waals surface area contributed by atoms with Gasteiger partial charge in [-0.05, 0) is 48.2 Å². The summed E-state index contributed by atoms with van der Waals surface area (Å²) in [5.41, 5.74) is 2.59. The molecule has 0 saturated carbocycles. The average Bonchev–Trinajstić information content (AvgIpc) is 3.60. The summed E-state index contributed by atoms with van der Waals surface area (Å²) in [6, 6.07) is 14.3. The number of hydrogen-bond acceptors (Lipinski definition) is 7. The van der Waals surface area contributed by atoms with Gasteiger partial charge < -0.3 is 21.1 Å². The van der Waals surface area contributed by atoms with E-state index in [4.69, 9.17) is 21.5 Å². The second-order valence-corrected chi connectivity index (χ2v) is 8.99. The molecule has 3 aromatic rings. The van der Waals surface area contributed by atoms with Crippen molar-refractivity contribution in [3.8, 4) is 5.69 Å². The van der Waals surface area contributed by atoms with Gasteiger partial charge in [0, 0.05) is 23.7 Å². The van der Waals surface area contributed by atoms with Gasteiger partial charge in [-0.2, -0.15) is 13.2 Å². The van der Waals surface area contributed by atoms with Gasteiger partial charge in [-0.1, -0.05) is 41.9 Å². The van der Waals surface area contributed by atoms with E-state index in [0.717, 1.165) is 12.1 Å². The molecule has 3 atom stereocenters. The van der Waals surface area contributed by atoms with Gasteiger partial charge in [-0.25, -0.2) is 4.79 Å². The molecule has 0 spiro atoms. The molecule has 1 saturated heterocycles. The van der Waals surface area contributed by atoms with E-state index in [1.54, 1.807) is 25.1 Å². The highest BCUT2D eigenvalue weighted by atomic mass is 35.5. The van der Waals surface area contributed by atoms with Crippen LogP contribution in [0.5, 0.6) is 0 Å². The van der Waals surface area contributed by atoms with Gasteiger partial charge in [-0.3, -0.25) is 9.59 Å². The monoisotopic (exact) mass is 567 g/mol. The second kappa shape index (κ2) is 13.2. The molecule has 11 nitrogen and oxygen atoms in total. The third kappa shape index (κ3) is 8.48. The van der Waals surface area contributed by atoms with Crippen molar-refractivity contribution < 1.29 is 32.7 Å². The van der Waals surface area contributed by atoms with Crippen molar-refractivity contribution in [3.05, 3.63) is 71.0 Å². The van der Waals surface area contributed by atoms with Crippen LogP contribution >= 0.6 is 11.6 Å². The number of alkyl halides is 3. The van der Waals surface area contributed by atoms with Crippen LogP contribution < -0.4 is 16.0 Å². The molecule has 208 valence electrons. The summed E-state index contributed by atoms with van der Waals surface area (Å²) < 4.78 is 31.7. The summed E-state index contributed by atoms with van der Waals surface area (Å²) in [5.74, 6) is -2.95. The lowest BCUT2D eigenvalue weighted by Crippen LogP contribution is -2.50. The first kappa shape index (κ1) is 29.5. The number of carboxylic acid groups (broad SMARTS) is 1. The predicted molar refractivity (Wildman–Crippen MR) is 133 cm³/mol. The Morgan fingerprint density at radius 3 is 2.51 bits per heavy atom. The Morgan fingerprint density at radius 2 is 1.90 bits per heavy atom. The van der Waals surface area contributed by atoms with Crippen LogP contribution in [0.15, 0.2) is 54.9 Å². The molecule has 4 rings (SSSR count). The molecule has 0 radical (unpaired) electrons. The molecule has 1 fully saturated rings. The van der Waals surface area contributed by atoms with E-state index < -0.39 is 18.2 Å². The number of tetrazole rings is 1. The molecule has 39 heavy (non-hydrogen) atoms. The Balaban J connectivity index is 0.000000532. The molecule has 1 aliphatic rings. The number of carboxylic acids is 1. The minimum Gasteiger partial charge on any atom is -0.475 e. The number of carbonyl (C=O) groups excluding carboxylic acids is 2. The first-order valence-electron chi connectivity index (χ1n) is 11.6. The zero-order valence-corrected chi connectivity index (χ0v) is 21.3. The smallest absolute Gasteiger partial charge is 0.475 e. The van der Waals surface area contributed by atoms with Crippen LogP contribution in [0, 0.1) is 0 Å². The lowest BCUT2D eigenvalue weighted by atomic mass is 9.96. The fraction of sp³-hybridized carbons (Fsp3) is 0.333.